The first-order valence-corrected chi connectivity index (χ1v) is 6.15. The van der Waals surface area contributed by atoms with E-state index in [-0.39, 0.29) is 11.4 Å². The topological polar surface area (TPSA) is 64.9 Å². The van der Waals surface area contributed by atoms with E-state index in [1.165, 1.54) is 18.2 Å². The summed E-state index contributed by atoms with van der Waals surface area (Å²) < 4.78 is 19.0. The third-order valence-electron chi connectivity index (χ3n) is 2.87. The lowest BCUT2D eigenvalue weighted by Gasteiger charge is -2.04. The zero-order valence-electron chi connectivity index (χ0n) is 10.2. The van der Waals surface area contributed by atoms with Gasteiger partial charge in [0.2, 0.25) is 5.88 Å². The van der Waals surface area contributed by atoms with Crippen LogP contribution < -0.4 is 5.73 Å². The highest BCUT2D eigenvalue weighted by Gasteiger charge is 2.20. The lowest BCUT2D eigenvalue weighted by Crippen LogP contribution is -1.90. The summed E-state index contributed by atoms with van der Waals surface area (Å²) in [4.78, 5) is 3.93. The molecule has 100 valence electrons. The molecule has 0 bridgehead atoms. The van der Waals surface area contributed by atoms with Crippen molar-refractivity contribution in [3.63, 3.8) is 0 Å². The molecule has 0 amide bonds. The molecule has 2 heterocycles. The minimum Gasteiger partial charge on any atom is -0.367 e. The Labute approximate surface area is 119 Å². The van der Waals surface area contributed by atoms with Crippen molar-refractivity contribution >= 4 is 17.5 Å². The molecule has 2 N–H and O–H groups in total. The maximum absolute atomic E-state index is 14.0. The van der Waals surface area contributed by atoms with Crippen LogP contribution >= 0.6 is 11.6 Å². The highest BCUT2D eigenvalue weighted by atomic mass is 35.5. The van der Waals surface area contributed by atoms with Crippen LogP contribution in [-0.4, -0.2) is 10.1 Å². The molecular formula is C14H9ClFN3O. The van der Waals surface area contributed by atoms with Crippen molar-refractivity contribution in [2.75, 3.05) is 5.73 Å². The van der Waals surface area contributed by atoms with Gasteiger partial charge in [-0.2, -0.15) is 0 Å². The van der Waals surface area contributed by atoms with Crippen molar-refractivity contribution < 1.29 is 8.91 Å². The van der Waals surface area contributed by atoms with Gasteiger partial charge in [-0.3, -0.25) is 4.98 Å². The van der Waals surface area contributed by atoms with Crippen molar-refractivity contribution in [2.45, 2.75) is 0 Å². The predicted molar refractivity (Wildman–Crippen MR) is 74.6 cm³/mol. The predicted octanol–water partition coefficient (Wildman–Crippen LogP) is 3.78. The third kappa shape index (κ3) is 2.12. The van der Waals surface area contributed by atoms with Gasteiger partial charge < -0.3 is 10.3 Å². The van der Waals surface area contributed by atoms with Gasteiger partial charge in [-0.25, -0.2) is 4.39 Å². The second-order valence-corrected chi connectivity index (χ2v) is 4.57. The lowest BCUT2D eigenvalue weighted by molar-refractivity contribution is 0.439. The molecule has 3 rings (SSSR count). The first-order chi connectivity index (χ1) is 9.66. The number of halogens is 2. The Morgan fingerprint density at radius 2 is 1.90 bits per heavy atom. The number of nitrogens with zero attached hydrogens (tertiary/aromatic N) is 2. The van der Waals surface area contributed by atoms with Gasteiger partial charge in [-0.05, 0) is 35.9 Å². The molecule has 0 fully saturated rings. The highest BCUT2D eigenvalue weighted by molar-refractivity contribution is 6.30. The van der Waals surface area contributed by atoms with Crippen LogP contribution in [0.3, 0.4) is 0 Å². The summed E-state index contributed by atoms with van der Waals surface area (Å²) in [5.74, 6) is -0.330. The van der Waals surface area contributed by atoms with E-state index in [0.717, 1.165) is 5.56 Å². The van der Waals surface area contributed by atoms with E-state index in [4.69, 9.17) is 21.9 Å². The van der Waals surface area contributed by atoms with E-state index >= 15 is 0 Å². The summed E-state index contributed by atoms with van der Waals surface area (Å²) in [6.07, 6.45) is 3.22. The van der Waals surface area contributed by atoms with Gasteiger partial charge >= 0.3 is 0 Å². The average Bonchev–Trinajstić information content (AvgIpc) is 2.84. The molecule has 0 spiro atoms. The van der Waals surface area contributed by atoms with Crippen molar-refractivity contribution in [1.82, 2.24) is 10.1 Å². The van der Waals surface area contributed by atoms with E-state index in [1.807, 2.05) is 0 Å². The van der Waals surface area contributed by atoms with Gasteiger partial charge in [-0.15, -0.1) is 0 Å². The molecule has 20 heavy (non-hydrogen) atoms. The van der Waals surface area contributed by atoms with Crippen LogP contribution in [0.15, 0.2) is 47.2 Å². The fraction of sp³-hybridized carbons (Fsp3) is 0. The molecule has 3 aromatic rings. The van der Waals surface area contributed by atoms with Crippen molar-refractivity contribution in [1.29, 1.82) is 0 Å². The Morgan fingerprint density at radius 3 is 2.65 bits per heavy atom. The van der Waals surface area contributed by atoms with Gasteiger partial charge in [0.25, 0.3) is 0 Å². The SMILES string of the molecule is Nc1onc(-c2cc(Cl)ccc2F)c1-c1ccncc1. The largest absolute Gasteiger partial charge is 0.367 e. The number of nitrogens with two attached hydrogens (primary N) is 1. The molecule has 4 nitrogen and oxygen atoms in total. The van der Waals surface area contributed by atoms with Crippen LogP contribution in [0.2, 0.25) is 5.02 Å². The Morgan fingerprint density at radius 1 is 1.15 bits per heavy atom. The van der Waals surface area contributed by atoms with Crippen molar-refractivity contribution in [3.8, 4) is 22.4 Å². The maximum Gasteiger partial charge on any atom is 0.230 e. The Balaban J connectivity index is 2.24. The number of nitrogen functional groups attached to an aromatic ring is 1. The van der Waals surface area contributed by atoms with Crippen LogP contribution in [-0.2, 0) is 0 Å². The monoisotopic (exact) mass is 289 g/mol. The number of pyridine rings is 1. The minimum absolute atomic E-state index is 0.116. The van der Waals surface area contributed by atoms with Gasteiger partial charge in [0.15, 0.2) is 0 Å². The molecule has 0 saturated carbocycles. The number of rotatable bonds is 2. The molecule has 0 radical (unpaired) electrons. The molecule has 0 atom stereocenters. The van der Waals surface area contributed by atoms with Crippen LogP contribution in [0.25, 0.3) is 22.4 Å². The number of aromatic nitrogens is 2. The van der Waals surface area contributed by atoms with Crippen LogP contribution in [0.1, 0.15) is 0 Å². The molecular weight excluding hydrogens is 281 g/mol. The third-order valence-corrected chi connectivity index (χ3v) is 3.11. The van der Waals surface area contributed by atoms with Crippen LogP contribution in [0, 0.1) is 5.82 Å². The molecule has 0 aliphatic heterocycles. The van der Waals surface area contributed by atoms with Gasteiger partial charge in [0.1, 0.15) is 11.5 Å². The lowest BCUT2D eigenvalue weighted by atomic mass is 10.0. The average molecular weight is 290 g/mol. The molecule has 2 aromatic heterocycles. The molecule has 6 heteroatoms. The summed E-state index contributed by atoms with van der Waals surface area (Å²) >= 11 is 5.91. The highest BCUT2D eigenvalue weighted by Crippen LogP contribution is 2.37. The number of benzene rings is 1. The second kappa shape index (κ2) is 4.94. The van der Waals surface area contributed by atoms with Gasteiger partial charge in [0.05, 0.1) is 5.56 Å². The first-order valence-electron chi connectivity index (χ1n) is 5.78. The fourth-order valence-corrected chi connectivity index (χ4v) is 2.14. The van der Waals surface area contributed by atoms with E-state index < -0.39 is 5.82 Å². The molecule has 0 unspecified atom stereocenters. The van der Waals surface area contributed by atoms with Crippen LogP contribution in [0.4, 0.5) is 10.3 Å². The van der Waals surface area contributed by atoms with E-state index in [9.17, 15) is 4.39 Å². The van der Waals surface area contributed by atoms with Gasteiger partial charge in [-0.1, -0.05) is 16.8 Å². The van der Waals surface area contributed by atoms with Gasteiger partial charge in [0, 0.05) is 23.0 Å². The maximum atomic E-state index is 14.0. The summed E-state index contributed by atoms with van der Waals surface area (Å²) in [5, 5.41) is 4.25. The van der Waals surface area contributed by atoms with Crippen molar-refractivity contribution in [3.05, 3.63) is 53.6 Å². The van der Waals surface area contributed by atoms with Crippen LogP contribution in [0.5, 0.6) is 0 Å². The Kier molecular flexibility index (Phi) is 3.12. The second-order valence-electron chi connectivity index (χ2n) is 4.13. The normalized spacial score (nSPS) is 10.7. The summed E-state index contributed by atoms with van der Waals surface area (Å²) in [6, 6.07) is 7.72. The summed E-state index contributed by atoms with van der Waals surface area (Å²) in [7, 11) is 0. The molecule has 0 saturated heterocycles. The van der Waals surface area contributed by atoms with E-state index in [0.29, 0.717) is 16.3 Å². The Hall–Kier alpha value is -2.40. The molecule has 1 aromatic carbocycles. The fourth-order valence-electron chi connectivity index (χ4n) is 1.96. The number of hydrogen-bond donors (Lipinski definition) is 1. The first kappa shape index (κ1) is 12.6. The van der Waals surface area contributed by atoms with Crippen molar-refractivity contribution in [2.24, 2.45) is 0 Å². The quantitative estimate of drug-likeness (QED) is 0.780. The zero-order valence-corrected chi connectivity index (χ0v) is 10.9. The zero-order chi connectivity index (χ0) is 14.1. The minimum atomic E-state index is -0.446. The Bertz CT molecular complexity index is 758. The standard InChI is InChI=1S/C14H9ClFN3O/c15-9-1-2-11(16)10(7-9)13-12(14(17)20-19-13)8-3-5-18-6-4-8/h1-7H,17H2. The summed E-state index contributed by atoms with van der Waals surface area (Å²) in [5.41, 5.74) is 7.61. The molecule has 0 aliphatic rings. The van der Waals surface area contributed by atoms with E-state index in [1.54, 1.807) is 24.5 Å². The number of hydrogen-bond acceptors (Lipinski definition) is 4. The summed E-state index contributed by atoms with van der Waals surface area (Å²) in [6.45, 7) is 0. The molecule has 0 aliphatic carbocycles. The smallest absolute Gasteiger partial charge is 0.230 e. The number of anilines is 1. The van der Waals surface area contributed by atoms with E-state index in [2.05, 4.69) is 10.1 Å².